The zero-order valence-corrected chi connectivity index (χ0v) is 13.6. The van der Waals surface area contributed by atoms with Crippen molar-refractivity contribution in [1.29, 1.82) is 0 Å². The van der Waals surface area contributed by atoms with Gasteiger partial charge < -0.3 is 10.1 Å². The van der Waals surface area contributed by atoms with Crippen molar-refractivity contribution < 1.29 is 14.3 Å². The van der Waals surface area contributed by atoms with Crippen molar-refractivity contribution in [2.45, 2.75) is 33.3 Å². The predicted octanol–water partition coefficient (Wildman–Crippen LogP) is 3.42. The summed E-state index contributed by atoms with van der Waals surface area (Å²) in [6.07, 6.45) is -0.684. The Balaban J connectivity index is 1.87. The molecule has 23 heavy (non-hydrogen) atoms. The lowest BCUT2D eigenvalue weighted by Crippen LogP contribution is -2.30. The number of amides is 1. The van der Waals surface area contributed by atoms with E-state index < -0.39 is 12.1 Å². The molecule has 4 nitrogen and oxygen atoms in total. The maximum absolute atomic E-state index is 12.1. The van der Waals surface area contributed by atoms with Gasteiger partial charge in [0.15, 0.2) is 6.10 Å². The van der Waals surface area contributed by atoms with E-state index in [1.807, 2.05) is 56.3 Å². The number of carbonyl (C=O) groups excluding carboxylic acids is 2. The lowest BCUT2D eigenvalue weighted by Gasteiger charge is -2.14. The van der Waals surface area contributed by atoms with Gasteiger partial charge in [-0.15, -0.1) is 0 Å². The molecule has 0 saturated heterocycles. The summed E-state index contributed by atoms with van der Waals surface area (Å²) in [6.45, 7) is 5.50. The van der Waals surface area contributed by atoms with Crippen LogP contribution < -0.4 is 5.32 Å². The molecule has 120 valence electrons. The minimum atomic E-state index is -0.839. The van der Waals surface area contributed by atoms with Crippen molar-refractivity contribution in [3.05, 3.63) is 65.2 Å². The van der Waals surface area contributed by atoms with Crippen molar-refractivity contribution >= 4 is 17.6 Å². The lowest BCUT2D eigenvalue weighted by atomic mass is 10.1. The highest BCUT2D eigenvalue weighted by atomic mass is 16.5. The molecule has 1 amide bonds. The molecule has 2 rings (SSSR count). The van der Waals surface area contributed by atoms with E-state index >= 15 is 0 Å². The van der Waals surface area contributed by atoms with E-state index in [1.165, 1.54) is 0 Å². The number of nitrogens with one attached hydrogen (secondary N) is 1. The van der Waals surface area contributed by atoms with Crippen molar-refractivity contribution in [3.8, 4) is 0 Å². The quantitative estimate of drug-likeness (QED) is 0.861. The first-order valence-electron chi connectivity index (χ1n) is 7.56. The zero-order chi connectivity index (χ0) is 16.8. The average molecular weight is 311 g/mol. The third-order valence-corrected chi connectivity index (χ3v) is 3.43. The fraction of sp³-hybridized carbons (Fsp3) is 0.263. The van der Waals surface area contributed by atoms with Gasteiger partial charge in [-0.3, -0.25) is 9.59 Å². The van der Waals surface area contributed by atoms with Gasteiger partial charge >= 0.3 is 5.97 Å². The number of rotatable bonds is 5. The third-order valence-electron chi connectivity index (χ3n) is 3.43. The number of benzene rings is 2. The van der Waals surface area contributed by atoms with Crippen LogP contribution >= 0.6 is 0 Å². The highest BCUT2D eigenvalue weighted by Crippen LogP contribution is 2.11. The molecule has 0 radical (unpaired) electrons. The van der Waals surface area contributed by atoms with Gasteiger partial charge in [-0.25, -0.2) is 0 Å². The highest BCUT2D eigenvalue weighted by Gasteiger charge is 2.18. The van der Waals surface area contributed by atoms with Crippen molar-refractivity contribution in [1.82, 2.24) is 0 Å². The van der Waals surface area contributed by atoms with Gasteiger partial charge in [-0.2, -0.15) is 0 Å². The second kappa shape index (κ2) is 7.58. The number of carbonyl (C=O) groups is 2. The minimum absolute atomic E-state index is 0.155. The molecule has 2 aromatic rings. The van der Waals surface area contributed by atoms with E-state index in [-0.39, 0.29) is 12.3 Å². The molecule has 0 aromatic heterocycles. The third kappa shape index (κ3) is 5.25. The predicted molar refractivity (Wildman–Crippen MR) is 90.2 cm³/mol. The van der Waals surface area contributed by atoms with Crippen LogP contribution in [0.2, 0.25) is 0 Å². The molecule has 0 aliphatic rings. The SMILES string of the molecule is Cc1ccc(CC(=O)O[C@H](C)C(=O)Nc2cccc(C)c2)cc1. The second-order valence-electron chi connectivity index (χ2n) is 5.65. The zero-order valence-electron chi connectivity index (χ0n) is 13.6. The standard InChI is InChI=1S/C19H21NO3/c1-13-7-9-16(10-8-13)12-18(21)23-15(3)19(22)20-17-6-4-5-14(2)11-17/h4-11,15H,12H2,1-3H3,(H,20,22)/t15-/m1/s1. The van der Waals surface area contributed by atoms with Crippen LogP contribution in [0, 0.1) is 13.8 Å². The van der Waals surface area contributed by atoms with Crippen molar-refractivity contribution in [3.63, 3.8) is 0 Å². The average Bonchev–Trinajstić information content (AvgIpc) is 2.49. The molecule has 2 aromatic carbocycles. The number of hydrogen-bond donors (Lipinski definition) is 1. The Labute approximate surface area is 136 Å². The van der Waals surface area contributed by atoms with Crippen LogP contribution in [0.3, 0.4) is 0 Å². The second-order valence-corrected chi connectivity index (χ2v) is 5.65. The Bertz CT molecular complexity index is 692. The van der Waals surface area contributed by atoms with Crippen LogP contribution in [-0.2, 0) is 20.7 Å². The van der Waals surface area contributed by atoms with Crippen LogP contribution in [0.1, 0.15) is 23.6 Å². The van der Waals surface area contributed by atoms with Crippen molar-refractivity contribution in [2.24, 2.45) is 0 Å². The van der Waals surface area contributed by atoms with E-state index in [0.29, 0.717) is 5.69 Å². The molecule has 0 aliphatic carbocycles. The Morgan fingerprint density at radius 2 is 1.74 bits per heavy atom. The van der Waals surface area contributed by atoms with Gasteiger partial charge in [0.25, 0.3) is 5.91 Å². The molecule has 0 spiro atoms. The molecule has 0 saturated carbocycles. The van der Waals surface area contributed by atoms with E-state index in [0.717, 1.165) is 16.7 Å². The molecule has 0 fully saturated rings. The Kier molecular flexibility index (Phi) is 5.52. The Hall–Kier alpha value is -2.62. The van der Waals surface area contributed by atoms with Crippen LogP contribution in [0.4, 0.5) is 5.69 Å². The first-order chi connectivity index (χ1) is 10.9. The summed E-state index contributed by atoms with van der Waals surface area (Å²) in [5, 5.41) is 2.74. The summed E-state index contributed by atoms with van der Waals surface area (Å²) >= 11 is 0. The van der Waals surface area contributed by atoms with Gasteiger partial charge in [0.1, 0.15) is 0 Å². The Morgan fingerprint density at radius 1 is 1.04 bits per heavy atom. The summed E-state index contributed by atoms with van der Waals surface area (Å²) in [5.74, 6) is -0.756. The molecular weight excluding hydrogens is 290 g/mol. The summed E-state index contributed by atoms with van der Waals surface area (Å²) in [7, 11) is 0. The van der Waals surface area contributed by atoms with E-state index in [1.54, 1.807) is 13.0 Å². The van der Waals surface area contributed by atoms with Gasteiger partial charge in [0.2, 0.25) is 0 Å². The number of anilines is 1. The van der Waals surface area contributed by atoms with Crippen LogP contribution in [0.15, 0.2) is 48.5 Å². The van der Waals surface area contributed by atoms with Crippen LogP contribution in [-0.4, -0.2) is 18.0 Å². The molecule has 0 bridgehead atoms. The molecular formula is C19H21NO3. The van der Waals surface area contributed by atoms with Gasteiger partial charge in [-0.1, -0.05) is 42.0 Å². The minimum Gasteiger partial charge on any atom is -0.452 e. The van der Waals surface area contributed by atoms with Crippen LogP contribution in [0.25, 0.3) is 0 Å². The molecule has 0 aliphatic heterocycles. The molecule has 4 heteroatoms. The molecule has 1 atom stereocenters. The van der Waals surface area contributed by atoms with Crippen LogP contribution in [0.5, 0.6) is 0 Å². The molecule has 1 N–H and O–H groups in total. The van der Waals surface area contributed by atoms with Gasteiger partial charge in [0, 0.05) is 5.69 Å². The van der Waals surface area contributed by atoms with E-state index in [9.17, 15) is 9.59 Å². The topological polar surface area (TPSA) is 55.4 Å². The lowest BCUT2D eigenvalue weighted by molar-refractivity contribution is -0.152. The smallest absolute Gasteiger partial charge is 0.311 e. The van der Waals surface area contributed by atoms with E-state index in [2.05, 4.69) is 5.32 Å². The number of hydrogen-bond acceptors (Lipinski definition) is 3. The monoisotopic (exact) mass is 311 g/mol. The fourth-order valence-electron chi connectivity index (χ4n) is 2.13. The van der Waals surface area contributed by atoms with E-state index in [4.69, 9.17) is 4.74 Å². The fourth-order valence-corrected chi connectivity index (χ4v) is 2.13. The summed E-state index contributed by atoms with van der Waals surface area (Å²) in [6, 6.07) is 15.1. The summed E-state index contributed by atoms with van der Waals surface area (Å²) < 4.78 is 5.20. The first kappa shape index (κ1) is 16.7. The number of ether oxygens (including phenoxy) is 1. The van der Waals surface area contributed by atoms with Crippen molar-refractivity contribution in [2.75, 3.05) is 5.32 Å². The highest BCUT2D eigenvalue weighted by molar-refractivity contribution is 5.95. The normalized spacial score (nSPS) is 11.6. The van der Waals surface area contributed by atoms with Gasteiger partial charge in [0.05, 0.1) is 6.42 Å². The molecule has 0 heterocycles. The largest absolute Gasteiger partial charge is 0.452 e. The maximum Gasteiger partial charge on any atom is 0.311 e. The molecule has 0 unspecified atom stereocenters. The first-order valence-corrected chi connectivity index (χ1v) is 7.56. The summed E-state index contributed by atoms with van der Waals surface area (Å²) in [4.78, 5) is 24.0. The maximum atomic E-state index is 12.1. The summed E-state index contributed by atoms with van der Waals surface area (Å²) in [5.41, 5.74) is 3.74. The Morgan fingerprint density at radius 3 is 2.39 bits per heavy atom. The van der Waals surface area contributed by atoms with Gasteiger partial charge in [-0.05, 0) is 44.0 Å². The number of aryl methyl sites for hydroxylation is 2. The number of esters is 1.